The molecule has 0 spiro atoms. The van der Waals surface area contributed by atoms with Gasteiger partial charge in [0.1, 0.15) is 4.88 Å². The van der Waals surface area contributed by atoms with Gasteiger partial charge in [-0.05, 0) is 43.0 Å². The quantitative estimate of drug-likeness (QED) is 0.277. The van der Waals surface area contributed by atoms with Gasteiger partial charge in [-0.2, -0.15) is 5.48 Å². The van der Waals surface area contributed by atoms with E-state index in [0.717, 1.165) is 42.6 Å². The van der Waals surface area contributed by atoms with Crippen molar-refractivity contribution in [3.05, 3.63) is 63.7 Å². The number of urea groups is 1. The van der Waals surface area contributed by atoms with Crippen LogP contribution in [0, 0.1) is 11.8 Å². The van der Waals surface area contributed by atoms with Crippen molar-refractivity contribution in [3.8, 4) is 10.4 Å². The lowest BCUT2D eigenvalue weighted by atomic mass is 9.81. The fourth-order valence-electron chi connectivity index (χ4n) is 4.25. The highest BCUT2D eigenvalue weighted by atomic mass is 35.5. The largest absolute Gasteiger partial charge is 0.340 e. The average molecular weight is 561 g/mol. The van der Waals surface area contributed by atoms with Gasteiger partial charge in [0.15, 0.2) is 0 Å². The molecule has 194 valence electrons. The molecule has 1 saturated carbocycles. The van der Waals surface area contributed by atoms with Crippen LogP contribution in [0.2, 0.25) is 10.0 Å². The molecule has 4 rings (SSSR count). The predicted octanol–water partition coefficient (Wildman–Crippen LogP) is 7.17. The van der Waals surface area contributed by atoms with Gasteiger partial charge in [0.2, 0.25) is 0 Å². The summed E-state index contributed by atoms with van der Waals surface area (Å²) in [5.41, 5.74) is 3.47. The van der Waals surface area contributed by atoms with Crippen LogP contribution in [0.1, 0.15) is 48.7 Å². The molecule has 8 nitrogen and oxygen atoms in total. The Morgan fingerprint density at radius 1 is 1.05 bits per heavy atom. The average Bonchev–Trinajstić information content (AvgIpc) is 3.33. The summed E-state index contributed by atoms with van der Waals surface area (Å²) < 4.78 is 0. The van der Waals surface area contributed by atoms with E-state index in [1.807, 2.05) is 13.0 Å². The number of nitrogens with one attached hydrogen (secondary N) is 3. The number of hydrogen-bond donors (Lipinski definition) is 3. The number of benzene rings is 1. The second-order valence-corrected chi connectivity index (χ2v) is 10.7. The molecule has 37 heavy (non-hydrogen) atoms. The van der Waals surface area contributed by atoms with Crippen LogP contribution < -0.4 is 16.1 Å². The van der Waals surface area contributed by atoms with E-state index < -0.39 is 17.9 Å². The van der Waals surface area contributed by atoms with Gasteiger partial charge in [0, 0.05) is 22.8 Å². The topological polar surface area (TPSA) is 109 Å². The standard InChI is InChI=1S/C26H26Cl2N4O4S/c1-15(16-7-3-2-4-8-16)25(34)36-32-24(33)23-20(13-21(37-23)17-9-6-12-29-14-17)30-26(35)31-22-18(27)10-5-11-19(22)28/h5-6,9-16H,2-4,7-8H2,1H3,(H,32,33)(H2,30,31,35)/t15-/m0/s1. The van der Waals surface area contributed by atoms with Crippen LogP contribution in [0.25, 0.3) is 10.4 Å². The fraction of sp³-hybridized carbons (Fsp3) is 0.308. The van der Waals surface area contributed by atoms with E-state index in [1.165, 1.54) is 6.42 Å². The number of halogens is 2. The normalized spacial score (nSPS) is 14.5. The molecule has 1 aliphatic rings. The molecule has 3 amide bonds. The zero-order valence-corrected chi connectivity index (χ0v) is 22.4. The fourth-order valence-corrected chi connectivity index (χ4v) is 5.73. The molecule has 0 radical (unpaired) electrons. The third-order valence-corrected chi connectivity index (χ3v) is 8.12. The molecular weight excluding hydrogens is 535 g/mol. The Kier molecular flexibility index (Phi) is 9.02. The number of rotatable bonds is 6. The van der Waals surface area contributed by atoms with E-state index in [2.05, 4.69) is 21.1 Å². The van der Waals surface area contributed by atoms with Gasteiger partial charge in [-0.3, -0.25) is 9.78 Å². The third kappa shape index (κ3) is 6.80. The Morgan fingerprint density at radius 2 is 1.78 bits per heavy atom. The molecular formula is C26H26Cl2N4O4S. The van der Waals surface area contributed by atoms with Crippen molar-refractivity contribution >= 4 is 63.8 Å². The number of carbonyl (C=O) groups excluding carboxylic acids is 3. The van der Waals surface area contributed by atoms with Crippen LogP contribution in [-0.4, -0.2) is 22.9 Å². The Balaban J connectivity index is 1.50. The molecule has 0 unspecified atom stereocenters. The minimum absolute atomic E-state index is 0.150. The number of carbonyl (C=O) groups is 3. The van der Waals surface area contributed by atoms with E-state index in [1.54, 1.807) is 42.7 Å². The van der Waals surface area contributed by atoms with Crippen LogP contribution in [0.4, 0.5) is 16.2 Å². The highest BCUT2D eigenvalue weighted by molar-refractivity contribution is 7.18. The molecule has 0 bridgehead atoms. The maximum absolute atomic E-state index is 13.1. The Morgan fingerprint density at radius 3 is 2.46 bits per heavy atom. The first-order valence-electron chi connectivity index (χ1n) is 11.9. The first-order valence-corrected chi connectivity index (χ1v) is 13.5. The monoisotopic (exact) mass is 560 g/mol. The van der Waals surface area contributed by atoms with Crippen molar-refractivity contribution in [1.82, 2.24) is 10.5 Å². The molecule has 2 aromatic heterocycles. The number of anilines is 2. The van der Waals surface area contributed by atoms with Gasteiger partial charge in [-0.1, -0.05) is 61.5 Å². The summed E-state index contributed by atoms with van der Waals surface area (Å²) in [5, 5.41) is 5.80. The minimum atomic E-state index is -0.657. The van der Waals surface area contributed by atoms with Crippen molar-refractivity contribution in [3.63, 3.8) is 0 Å². The molecule has 3 N–H and O–H groups in total. The number of aromatic nitrogens is 1. The SMILES string of the molecule is C[C@H](C(=O)ONC(=O)c1sc(-c2cccnc2)cc1NC(=O)Nc1c(Cl)cccc1Cl)C1CCCCC1. The Labute approximate surface area is 228 Å². The smallest absolute Gasteiger partial charge is 0.335 e. The highest BCUT2D eigenvalue weighted by Crippen LogP contribution is 2.36. The Bertz CT molecular complexity index is 1260. The van der Waals surface area contributed by atoms with Crippen molar-refractivity contribution in [1.29, 1.82) is 0 Å². The van der Waals surface area contributed by atoms with Gasteiger partial charge in [0.25, 0.3) is 5.91 Å². The van der Waals surface area contributed by atoms with Crippen molar-refractivity contribution < 1.29 is 19.2 Å². The number of nitrogens with zero attached hydrogens (tertiary/aromatic N) is 1. The highest BCUT2D eigenvalue weighted by Gasteiger charge is 2.28. The molecule has 3 aromatic rings. The van der Waals surface area contributed by atoms with Gasteiger partial charge in [0.05, 0.1) is 27.3 Å². The summed E-state index contributed by atoms with van der Waals surface area (Å²) in [6.45, 7) is 1.83. The van der Waals surface area contributed by atoms with Crippen LogP contribution in [0.5, 0.6) is 0 Å². The second kappa shape index (κ2) is 12.4. The van der Waals surface area contributed by atoms with Gasteiger partial charge in [-0.15, -0.1) is 11.3 Å². The van der Waals surface area contributed by atoms with Crippen LogP contribution in [0.3, 0.4) is 0 Å². The van der Waals surface area contributed by atoms with Crippen LogP contribution >= 0.6 is 34.5 Å². The van der Waals surface area contributed by atoms with E-state index in [4.69, 9.17) is 28.0 Å². The summed E-state index contributed by atoms with van der Waals surface area (Å²) in [5.74, 6) is -1.21. The van der Waals surface area contributed by atoms with Gasteiger partial charge in [-0.25, -0.2) is 9.59 Å². The lowest BCUT2D eigenvalue weighted by molar-refractivity contribution is -0.155. The zero-order chi connectivity index (χ0) is 26.4. The number of thiophene rings is 1. The molecule has 0 aliphatic heterocycles. The number of pyridine rings is 1. The molecule has 1 aliphatic carbocycles. The van der Waals surface area contributed by atoms with Gasteiger partial charge < -0.3 is 15.5 Å². The van der Waals surface area contributed by atoms with Crippen LogP contribution in [-0.2, 0) is 9.63 Å². The summed E-state index contributed by atoms with van der Waals surface area (Å²) in [7, 11) is 0. The van der Waals surface area contributed by atoms with Crippen molar-refractivity contribution in [2.24, 2.45) is 11.8 Å². The first-order chi connectivity index (χ1) is 17.8. The minimum Gasteiger partial charge on any atom is -0.340 e. The molecule has 0 saturated heterocycles. The van der Waals surface area contributed by atoms with E-state index in [0.29, 0.717) is 4.88 Å². The Hall–Kier alpha value is -3.14. The molecule has 1 aromatic carbocycles. The zero-order valence-electron chi connectivity index (χ0n) is 20.1. The van der Waals surface area contributed by atoms with Crippen molar-refractivity contribution in [2.75, 3.05) is 10.6 Å². The summed E-state index contributed by atoms with van der Waals surface area (Å²) >= 11 is 13.4. The molecule has 1 fully saturated rings. The van der Waals surface area contributed by atoms with E-state index in [9.17, 15) is 14.4 Å². The molecule has 1 atom stereocenters. The number of hydroxylamine groups is 1. The van der Waals surface area contributed by atoms with Gasteiger partial charge >= 0.3 is 12.0 Å². The first kappa shape index (κ1) is 26.9. The maximum atomic E-state index is 13.1. The number of para-hydroxylation sites is 1. The lowest BCUT2D eigenvalue weighted by Crippen LogP contribution is -2.33. The van der Waals surface area contributed by atoms with Crippen LogP contribution in [0.15, 0.2) is 48.8 Å². The van der Waals surface area contributed by atoms with E-state index >= 15 is 0 Å². The number of hydrogen-bond acceptors (Lipinski definition) is 6. The number of amides is 3. The maximum Gasteiger partial charge on any atom is 0.335 e. The summed E-state index contributed by atoms with van der Waals surface area (Å²) in [4.78, 5) is 48.5. The molecule has 2 heterocycles. The summed E-state index contributed by atoms with van der Waals surface area (Å²) in [6, 6.07) is 9.44. The van der Waals surface area contributed by atoms with Crippen molar-refractivity contribution in [2.45, 2.75) is 39.0 Å². The second-order valence-electron chi connectivity index (χ2n) is 8.81. The van der Waals surface area contributed by atoms with E-state index in [-0.39, 0.29) is 38.1 Å². The molecule has 11 heteroatoms. The summed E-state index contributed by atoms with van der Waals surface area (Å²) in [6.07, 6.45) is 8.60. The third-order valence-electron chi connectivity index (χ3n) is 6.31. The lowest BCUT2D eigenvalue weighted by Gasteiger charge is -2.25. The predicted molar refractivity (Wildman–Crippen MR) is 146 cm³/mol.